The lowest BCUT2D eigenvalue weighted by molar-refractivity contribution is -0.142. The van der Waals surface area contributed by atoms with Gasteiger partial charge in [-0.1, -0.05) is 6.07 Å². The lowest BCUT2D eigenvalue weighted by Gasteiger charge is -2.17. The summed E-state index contributed by atoms with van der Waals surface area (Å²) in [6.45, 7) is 0. The van der Waals surface area contributed by atoms with Crippen LogP contribution in [-0.4, -0.2) is 30.1 Å². The highest BCUT2D eigenvalue weighted by Gasteiger charge is 2.22. The minimum absolute atomic E-state index is 0.509. The molecule has 0 bridgehead atoms. The topological polar surface area (TPSA) is 40.5 Å². The molecule has 0 radical (unpaired) electrons. The van der Waals surface area contributed by atoms with E-state index in [1.807, 2.05) is 17.5 Å². The number of aliphatic carboxylic acids is 1. The summed E-state index contributed by atoms with van der Waals surface area (Å²) in [4.78, 5) is 13.4. The first kappa shape index (κ1) is 9.22. The summed E-state index contributed by atoms with van der Waals surface area (Å²) >= 11 is 1.47. The van der Waals surface area contributed by atoms with Gasteiger partial charge in [0.15, 0.2) is 0 Å². The molecule has 12 heavy (non-hydrogen) atoms. The fraction of sp³-hybridized carbons (Fsp3) is 0.375. The van der Waals surface area contributed by atoms with Crippen LogP contribution < -0.4 is 0 Å². The van der Waals surface area contributed by atoms with E-state index in [0.717, 1.165) is 4.88 Å². The van der Waals surface area contributed by atoms with Gasteiger partial charge in [0.2, 0.25) is 0 Å². The summed E-state index contributed by atoms with van der Waals surface area (Å²) in [5.74, 6) is -0.803. The number of hydrogen-bond donors (Lipinski definition) is 1. The van der Waals surface area contributed by atoms with Crippen molar-refractivity contribution >= 4 is 17.3 Å². The van der Waals surface area contributed by atoms with Gasteiger partial charge in [0.05, 0.1) is 0 Å². The number of carbonyl (C=O) groups is 1. The van der Waals surface area contributed by atoms with Gasteiger partial charge in [-0.3, -0.25) is 9.69 Å². The van der Waals surface area contributed by atoms with E-state index >= 15 is 0 Å². The first-order valence-electron chi connectivity index (χ1n) is 3.55. The van der Waals surface area contributed by atoms with Gasteiger partial charge in [0.25, 0.3) is 0 Å². The maximum Gasteiger partial charge on any atom is 0.326 e. The van der Waals surface area contributed by atoms with Crippen LogP contribution in [0.5, 0.6) is 0 Å². The average molecular weight is 185 g/mol. The normalized spacial score (nSPS) is 13.2. The highest BCUT2D eigenvalue weighted by Crippen LogP contribution is 2.22. The maximum absolute atomic E-state index is 10.8. The number of carboxylic acids is 1. The molecule has 1 rings (SSSR count). The lowest BCUT2D eigenvalue weighted by atomic mass is 10.2. The van der Waals surface area contributed by atoms with Crippen LogP contribution in [0.3, 0.4) is 0 Å². The Bertz CT molecular complexity index is 256. The summed E-state index contributed by atoms with van der Waals surface area (Å²) in [6.07, 6.45) is 0. The molecule has 0 aliphatic carbocycles. The third kappa shape index (κ3) is 1.84. The van der Waals surface area contributed by atoms with Gasteiger partial charge < -0.3 is 5.11 Å². The van der Waals surface area contributed by atoms with Gasteiger partial charge in [-0.2, -0.15) is 0 Å². The van der Waals surface area contributed by atoms with Crippen LogP contribution in [0.15, 0.2) is 17.5 Å². The monoisotopic (exact) mass is 185 g/mol. The molecule has 0 spiro atoms. The molecule has 0 amide bonds. The summed E-state index contributed by atoms with van der Waals surface area (Å²) in [5.41, 5.74) is 0. The second-order valence-corrected chi connectivity index (χ2v) is 3.70. The largest absolute Gasteiger partial charge is 0.480 e. The summed E-state index contributed by atoms with van der Waals surface area (Å²) < 4.78 is 0. The lowest BCUT2D eigenvalue weighted by Crippen LogP contribution is -2.26. The highest BCUT2D eigenvalue weighted by atomic mass is 32.1. The van der Waals surface area contributed by atoms with Gasteiger partial charge in [-0.25, -0.2) is 0 Å². The van der Waals surface area contributed by atoms with Crippen LogP contribution in [0.2, 0.25) is 0 Å². The van der Waals surface area contributed by atoms with Crippen LogP contribution in [0.1, 0.15) is 10.9 Å². The number of hydrogen-bond acceptors (Lipinski definition) is 3. The van der Waals surface area contributed by atoms with Crippen molar-refractivity contribution in [1.82, 2.24) is 4.90 Å². The number of rotatable bonds is 3. The van der Waals surface area contributed by atoms with Gasteiger partial charge >= 0.3 is 5.97 Å². The molecule has 4 heteroatoms. The minimum atomic E-state index is -0.803. The zero-order valence-electron chi connectivity index (χ0n) is 7.02. The molecule has 3 nitrogen and oxygen atoms in total. The molecule has 1 aromatic heterocycles. The van der Waals surface area contributed by atoms with Crippen molar-refractivity contribution in [3.63, 3.8) is 0 Å². The molecule has 0 saturated carbocycles. The zero-order chi connectivity index (χ0) is 9.14. The average Bonchev–Trinajstić information content (AvgIpc) is 2.37. The van der Waals surface area contributed by atoms with Crippen molar-refractivity contribution in [2.24, 2.45) is 0 Å². The Hall–Kier alpha value is -0.870. The van der Waals surface area contributed by atoms with E-state index in [9.17, 15) is 4.79 Å². The van der Waals surface area contributed by atoms with E-state index in [1.165, 1.54) is 11.3 Å². The second-order valence-electron chi connectivity index (χ2n) is 2.72. The SMILES string of the molecule is CN(C)[C@H](C(=O)O)c1cccs1. The quantitative estimate of drug-likeness (QED) is 0.774. The Kier molecular flexibility index (Phi) is 2.83. The van der Waals surface area contributed by atoms with Crippen molar-refractivity contribution in [3.05, 3.63) is 22.4 Å². The van der Waals surface area contributed by atoms with Gasteiger partial charge in [-0.15, -0.1) is 11.3 Å². The van der Waals surface area contributed by atoms with Crippen molar-refractivity contribution in [1.29, 1.82) is 0 Å². The molecule has 1 atom stereocenters. The smallest absolute Gasteiger partial charge is 0.326 e. The Morgan fingerprint density at radius 2 is 2.33 bits per heavy atom. The summed E-state index contributed by atoms with van der Waals surface area (Å²) in [7, 11) is 3.52. The van der Waals surface area contributed by atoms with E-state index in [1.54, 1.807) is 19.0 Å². The van der Waals surface area contributed by atoms with Crippen LogP contribution in [0.4, 0.5) is 0 Å². The number of likely N-dealkylation sites (N-methyl/N-ethyl adjacent to an activating group) is 1. The molecular formula is C8H11NO2S. The van der Waals surface area contributed by atoms with E-state index in [4.69, 9.17) is 5.11 Å². The molecule has 66 valence electrons. The van der Waals surface area contributed by atoms with Crippen molar-refractivity contribution < 1.29 is 9.90 Å². The van der Waals surface area contributed by atoms with Crippen molar-refractivity contribution in [2.75, 3.05) is 14.1 Å². The maximum atomic E-state index is 10.8. The van der Waals surface area contributed by atoms with Crippen molar-refractivity contribution in [3.8, 4) is 0 Å². The van der Waals surface area contributed by atoms with Gasteiger partial charge in [0.1, 0.15) is 6.04 Å². The predicted molar refractivity (Wildman–Crippen MR) is 48.4 cm³/mol. The van der Waals surface area contributed by atoms with E-state index in [-0.39, 0.29) is 0 Å². The number of carboxylic acid groups (broad SMARTS) is 1. The molecule has 0 unspecified atom stereocenters. The van der Waals surface area contributed by atoms with Crippen LogP contribution in [-0.2, 0) is 4.79 Å². The van der Waals surface area contributed by atoms with E-state index in [2.05, 4.69) is 0 Å². The second kappa shape index (κ2) is 3.69. The number of nitrogens with zero attached hydrogens (tertiary/aromatic N) is 1. The standard InChI is InChI=1S/C8H11NO2S/c1-9(2)7(8(10)11)6-4-3-5-12-6/h3-5,7H,1-2H3,(H,10,11)/t7-/m0/s1. The molecule has 0 aromatic carbocycles. The Morgan fingerprint density at radius 1 is 1.67 bits per heavy atom. The molecule has 1 heterocycles. The molecule has 0 saturated heterocycles. The molecule has 0 fully saturated rings. The first-order chi connectivity index (χ1) is 5.63. The Morgan fingerprint density at radius 3 is 2.67 bits per heavy atom. The Balaban J connectivity index is 2.88. The van der Waals surface area contributed by atoms with Crippen molar-refractivity contribution in [2.45, 2.75) is 6.04 Å². The van der Waals surface area contributed by atoms with Gasteiger partial charge in [0, 0.05) is 4.88 Å². The fourth-order valence-electron chi connectivity index (χ4n) is 1.04. The van der Waals surface area contributed by atoms with E-state index < -0.39 is 12.0 Å². The Labute approximate surface area is 75.2 Å². The zero-order valence-corrected chi connectivity index (χ0v) is 7.84. The van der Waals surface area contributed by atoms with Crippen LogP contribution >= 0.6 is 11.3 Å². The molecule has 1 aromatic rings. The summed E-state index contributed by atoms with van der Waals surface area (Å²) in [6, 6.07) is 3.19. The highest BCUT2D eigenvalue weighted by molar-refractivity contribution is 7.10. The minimum Gasteiger partial charge on any atom is -0.480 e. The third-order valence-corrected chi connectivity index (χ3v) is 2.49. The molecule has 0 aliphatic rings. The van der Waals surface area contributed by atoms with E-state index in [0.29, 0.717) is 0 Å². The third-order valence-electron chi connectivity index (χ3n) is 1.56. The number of thiophene rings is 1. The first-order valence-corrected chi connectivity index (χ1v) is 4.43. The van der Waals surface area contributed by atoms with Crippen LogP contribution in [0.25, 0.3) is 0 Å². The summed E-state index contributed by atoms with van der Waals surface area (Å²) in [5, 5.41) is 10.8. The molecule has 0 aliphatic heterocycles. The molecular weight excluding hydrogens is 174 g/mol. The fourth-order valence-corrected chi connectivity index (χ4v) is 1.96. The predicted octanol–water partition coefficient (Wildman–Crippen LogP) is 1.44. The van der Waals surface area contributed by atoms with Gasteiger partial charge in [-0.05, 0) is 25.5 Å². The molecule has 1 N–H and O–H groups in total. The van der Waals surface area contributed by atoms with Crippen LogP contribution in [0, 0.1) is 0 Å².